The van der Waals surface area contributed by atoms with E-state index in [9.17, 15) is 0 Å². The number of thioether (sulfide) groups is 1. The third-order valence-electron chi connectivity index (χ3n) is 6.15. The molecule has 3 heteroatoms. The second-order valence-electron chi connectivity index (χ2n) is 7.76. The van der Waals surface area contributed by atoms with Crippen LogP contribution in [-0.2, 0) is 0 Å². The van der Waals surface area contributed by atoms with Crippen LogP contribution in [0.5, 0.6) is 0 Å². The fourth-order valence-electron chi connectivity index (χ4n) is 5.00. The number of nitrogens with zero attached hydrogens (tertiary/aromatic N) is 1. The fraction of sp³-hybridized carbons (Fsp3) is 1.00. The van der Waals surface area contributed by atoms with Gasteiger partial charge in [0.1, 0.15) is 0 Å². The highest BCUT2D eigenvalue weighted by atomic mass is 32.2. The number of nitrogens with one attached hydrogen (secondary N) is 1. The smallest absolute Gasteiger partial charge is 0.0175 e. The zero-order chi connectivity index (χ0) is 13.5. The summed E-state index contributed by atoms with van der Waals surface area (Å²) in [6, 6.07) is 0.734. The molecule has 1 aliphatic heterocycles. The molecule has 0 aromatic rings. The Labute approximate surface area is 123 Å². The Kier molecular flexibility index (Phi) is 3.92. The van der Waals surface area contributed by atoms with Crippen LogP contribution in [-0.4, -0.2) is 48.6 Å². The van der Waals surface area contributed by atoms with Crippen LogP contribution in [0.25, 0.3) is 0 Å². The minimum Gasteiger partial charge on any atom is -0.312 e. The number of fused-ring (bicyclic) bond motifs is 2. The van der Waals surface area contributed by atoms with Crippen molar-refractivity contribution in [1.82, 2.24) is 10.2 Å². The van der Waals surface area contributed by atoms with E-state index < -0.39 is 0 Å². The average molecular weight is 282 g/mol. The summed E-state index contributed by atoms with van der Waals surface area (Å²) in [6.07, 6.45) is 4.36. The molecule has 2 nitrogen and oxygen atoms in total. The molecule has 1 saturated heterocycles. The Morgan fingerprint density at radius 3 is 2.58 bits per heavy atom. The molecule has 110 valence electrons. The van der Waals surface area contributed by atoms with Gasteiger partial charge in [0.2, 0.25) is 0 Å². The molecule has 1 heterocycles. The van der Waals surface area contributed by atoms with Gasteiger partial charge in [0, 0.05) is 43.7 Å². The number of rotatable bonds is 4. The molecule has 0 aromatic carbocycles. The van der Waals surface area contributed by atoms with Crippen molar-refractivity contribution in [3.63, 3.8) is 0 Å². The molecule has 19 heavy (non-hydrogen) atoms. The van der Waals surface area contributed by atoms with E-state index in [-0.39, 0.29) is 0 Å². The van der Waals surface area contributed by atoms with Gasteiger partial charge < -0.3 is 10.2 Å². The molecule has 1 unspecified atom stereocenters. The van der Waals surface area contributed by atoms with Crippen LogP contribution in [0.3, 0.4) is 0 Å². The first-order valence-corrected chi connectivity index (χ1v) is 9.21. The molecule has 2 saturated carbocycles. The van der Waals surface area contributed by atoms with Gasteiger partial charge in [-0.25, -0.2) is 0 Å². The van der Waals surface area contributed by atoms with Gasteiger partial charge in [-0.3, -0.25) is 0 Å². The first-order valence-electron chi connectivity index (χ1n) is 8.06. The lowest BCUT2D eigenvalue weighted by Gasteiger charge is -2.43. The van der Waals surface area contributed by atoms with E-state index >= 15 is 0 Å². The first-order chi connectivity index (χ1) is 9.02. The van der Waals surface area contributed by atoms with Crippen LogP contribution in [0.15, 0.2) is 0 Å². The summed E-state index contributed by atoms with van der Waals surface area (Å²) in [6.45, 7) is 12.5. The molecule has 3 fully saturated rings. The van der Waals surface area contributed by atoms with Crippen molar-refractivity contribution < 1.29 is 0 Å². The molecule has 1 N–H and O–H groups in total. The van der Waals surface area contributed by atoms with Gasteiger partial charge in [-0.05, 0) is 36.0 Å². The van der Waals surface area contributed by atoms with Crippen LogP contribution in [0.2, 0.25) is 0 Å². The van der Waals surface area contributed by atoms with E-state index in [1.165, 1.54) is 56.9 Å². The van der Waals surface area contributed by atoms with E-state index in [0.29, 0.717) is 10.8 Å². The molecule has 0 radical (unpaired) electrons. The van der Waals surface area contributed by atoms with Crippen LogP contribution in [0, 0.1) is 16.7 Å². The lowest BCUT2D eigenvalue weighted by Crippen LogP contribution is -2.52. The van der Waals surface area contributed by atoms with Gasteiger partial charge in [-0.2, -0.15) is 11.8 Å². The minimum atomic E-state index is 0.505. The molecule has 0 aromatic heterocycles. The minimum absolute atomic E-state index is 0.505. The quantitative estimate of drug-likeness (QED) is 0.853. The maximum atomic E-state index is 3.94. The van der Waals surface area contributed by atoms with E-state index in [1.54, 1.807) is 0 Å². The van der Waals surface area contributed by atoms with Crippen molar-refractivity contribution >= 4 is 11.8 Å². The highest BCUT2D eigenvalue weighted by Gasteiger charge is 2.58. The SMILES string of the molecule is CC1(C)C(NCCN2CCSCC2)[C@]2(C)CC[C@H]1C2. The highest BCUT2D eigenvalue weighted by molar-refractivity contribution is 7.99. The molecule has 3 aliphatic rings. The molecule has 2 bridgehead atoms. The maximum Gasteiger partial charge on any atom is 0.0175 e. The molecule has 2 aliphatic carbocycles. The van der Waals surface area contributed by atoms with Gasteiger partial charge in [0.15, 0.2) is 0 Å². The van der Waals surface area contributed by atoms with Gasteiger partial charge in [-0.15, -0.1) is 0 Å². The highest BCUT2D eigenvalue weighted by Crippen LogP contribution is 2.62. The monoisotopic (exact) mass is 282 g/mol. The topological polar surface area (TPSA) is 15.3 Å². The molecule has 3 atom stereocenters. The Hall–Kier alpha value is 0.270. The van der Waals surface area contributed by atoms with Crippen molar-refractivity contribution in [2.45, 2.75) is 46.1 Å². The van der Waals surface area contributed by atoms with Gasteiger partial charge in [0.25, 0.3) is 0 Å². The number of hydrogen-bond acceptors (Lipinski definition) is 3. The summed E-state index contributed by atoms with van der Waals surface area (Å²) in [7, 11) is 0. The second kappa shape index (κ2) is 5.23. The standard InChI is InChI=1S/C16H30N2S/c1-15(2)13-4-5-16(3,12-13)14(15)17-6-7-18-8-10-19-11-9-18/h13-14,17H,4-12H2,1-3H3/t13-,14?,16+/m0/s1. The predicted octanol–water partition coefficient (Wildman–Crippen LogP) is 2.84. The molecule has 0 amide bonds. The van der Waals surface area contributed by atoms with E-state index in [0.717, 1.165) is 12.0 Å². The van der Waals surface area contributed by atoms with Crippen LogP contribution in [0.4, 0.5) is 0 Å². The first kappa shape index (κ1) is 14.2. The Morgan fingerprint density at radius 2 is 1.95 bits per heavy atom. The Balaban J connectivity index is 1.52. The van der Waals surface area contributed by atoms with Gasteiger partial charge in [0.05, 0.1) is 0 Å². The normalized spacial score (nSPS) is 41.8. The fourth-order valence-corrected chi connectivity index (χ4v) is 5.98. The van der Waals surface area contributed by atoms with Crippen molar-refractivity contribution in [1.29, 1.82) is 0 Å². The molecule has 0 spiro atoms. The van der Waals surface area contributed by atoms with E-state index in [1.807, 2.05) is 0 Å². The Morgan fingerprint density at radius 1 is 1.21 bits per heavy atom. The summed E-state index contributed by atoms with van der Waals surface area (Å²) in [5.74, 6) is 3.62. The summed E-state index contributed by atoms with van der Waals surface area (Å²) >= 11 is 2.10. The van der Waals surface area contributed by atoms with Crippen molar-refractivity contribution in [2.75, 3.05) is 37.7 Å². The summed E-state index contributed by atoms with van der Waals surface area (Å²) in [5.41, 5.74) is 1.08. The summed E-state index contributed by atoms with van der Waals surface area (Å²) < 4.78 is 0. The van der Waals surface area contributed by atoms with Crippen molar-refractivity contribution in [3.05, 3.63) is 0 Å². The molecular formula is C16H30N2S. The summed E-state index contributed by atoms with van der Waals surface area (Å²) in [4.78, 5) is 2.63. The maximum absolute atomic E-state index is 3.94. The average Bonchev–Trinajstić information content (AvgIpc) is 2.86. The van der Waals surface area contributed by atoms with Crippen LogP contribution < -0.4 is 5.32 Å². The van der Waals surface area contributed by atoms with Crippen molar-refractivity contribution in [2.24, 2.45) is 16.7 Å². The lowest BCUT2D eigenvalue weighted by atomic mass is 9.68. The van der Waals surface area contributed by atoms with E-state index in [4.69, 9.17) is 0 Å². The zero-order valence-electron chi connectivity index (χ0n) is 12.9. The van der Waals surface area contributed by atoms with Gasteiger partial charge in [-0.1, -0.05) is 20.8 Å². The molecular weight excluding hydrogens is 252 g/mol. The zero-order valence-corrected chi connectivity index (χ0v) is 13.7. The van der Waals surface area contributed by atoms with Crippen molar-refractivity contribution in [3.8, 4) is 0 Å². The van der Waals surface area contributed by atoms with E-state index in [2.05, 4.69) is 42.7 Å². The Bertz CT molecular complexity index is 320. The van der Waals surface area contributed by atoms with Gasteiger partial charge >= 0.3 is 0 Å². The summed E-state index contributed by atoms with van der Waals surface area (Å²) in [5, 5.41) is 3.94. The van der Waals surface area contributed by atoms with Crippen LogP contribution in [0.1, 0.15) is 40.0 Å². The molecule has 3 rings (SSSR count). The third kappa shape index (κ3) is 2.58. The third-order valence-corrected chi connectivity index (χ3v) is 7.09. The number of hydrogen-bond donors (Lipinski definition) is 1. The van der Waals surface area contributed by atoms with Crippen LogP contribution >= 0.6 is 11.8 Å². The predicted molar refractivity (Wildman–Crippen MR) is 84.8 cm³/mol. The second-order valence-corrected chi connectivity index (χ2v) is 8.98. The largest absolute Gasteiger partial charge is 0.312 e. The lowest BCUT2D eigenvalue weighted by molar-refractivity contribution is 0.106.